The Morgan fingerprint density at radius 2 is 1.48 bits per heavy atom. The first-order chi connectivity index (χ1) is 15.4. The van der Waals surface area contributed by atoms with Crippen LogP contribution in [-0.4, -0.2) is 82.6 Å². The summed E-state index contributed by atoms with van der Waals surface area (Å²) in [4.78, 5) is 60.4. The highest BCUT2D eigenvalue weighted by atomic mass is 32.2. The maximum atomic E-state index is 12.8. The molecule has 0 spiro atoms. The van der Waals surface area contributed by atoms with Gasteiger partial charge in [0, 0.05) is 0 Å². The number of carboxylic acids is 2. The maximum Gasteiger partial charge on any atom is 0.326 e. The highest BCUT2D eigenvalue weighted by Crippen LogP contribution is 2.07. The Morgan fingerprint density at radius 1 is 0.879 bits per heavy atom. The SMILES string of the molecule is CSCCC(NC(=O)C(NC(=O)C(CC(=O)O)NC(=O)C(N)CCCCN)C(C)C)C(=O)O. The van der Waals surface area contributed by atoms with Crippen molar-refractivity contribution in [1.29, 1.82) is 0 Å². The van der Waals surface area contributed by atoms with E-state index in [4.69, 9.17) is 16.6 Å². The van der Waals surface area contributed by atoms with E-state index in [0.29, 0.717) is 31.6 Å². The van der Waals surface area contributed by atoms with Crippen LogP contribution in [0.1, 0.15) is 46.0 Å². The molecule has 0 aliphatic carbocycles. The largest absolute Gasteiger partial charge is 0.481 e. The molecule has 9 N–H and O–H groups in total. The van der Waals surface area contributed by atoms with Crippen LogP contribution in [0.15, 0.2) is 0 Å². The first kappa shape index (κ1) is 30.6. The molecule has 4 atom stereocenters. The monoisotopic (exact) mass is 491 g/mol. The zero-order valence-electron chi connectivity index (χ0n) is 19.3. The molecule has 0 rings (SSSR count). The molecule has 12 nitrogen and oxygen atoms in total. The molecule has 0 saturated heterocycles. The number of aliphatic carboxylic acids is 2. The van der Waals surface area contributed by atoms with E-state index >= 15 is 0 Å². The predicted molar refractivity (Wildman–Crippen MR) is 124 cm³/mol. The Bertz CT molecular complexity index is 677. The molecule has 0 fully saturated rings. The quantitative estimate of drug-likeness (QED) is 0.121. The van der Waals surface area contributed by atoms with Crippen molar-refractivity contribution in [2.24, 2.45) is 17.4 Å². The number of thioether (sulfide) groups is 1. The Balaban J connectivity index is 5.32. The van der Waals surface area contributed by atoms with Crippen molar-refractivity contribution in [2.75, 3.05) is 18.6 Å². The van der Waals surface area contributed by atoms with Crippen LogP contribution in [0.25, 0.3) is 0 Å². The van der Waals surface area contributed by atoms with E-state index in [-0.39, 0.29) is 6.42 Å². The van der Waals surface area contributed by atoms with Gasteiger partial charge in [-0.15, -0.1) is 0 Å². The molecule has 13 heteroatoms. The third-order valence-corrected chi connectivity index (χ3v) is 5.43. The van der Waals surface area contributed by atoms with E-state index in [1.807, 2.05) is 0 Å². The second-order valence-corrected chi connectivity index (χ2v) is 8.95. The van der Waals surface area contributed by atoms with Crippen LogP contribution in [-0.2, 0) is 24.0 Å². The molecule has 0 aliphatic heterocycles. The lowest BCUT2D eigenvalue weighted by Gasteiger charge is -2.26. The summed E-state index contributed by atoms with van der Waals surface area (Å²) in [5.74, 6) is -4.76. The highest BCUT2D eigenvalue weighted by Gasteiger charge is 2.32. The van der Waals surface area contributed by atoms with Crippen LogP contribution in [0.2, 0.25) is 0 Å². The third kappa shape index (κ3) is 12.4. The molecule has 0 heterocycles. The van der Waals surface area contributed by atoms with E-state index in [2.05, 4.69) is 16.0 Å². The molecule has 0 radical (unpaired) electrons. The smallest absolute Gasteiger partial charge is 0.326 e. The van der Waals surface area contributed by atoms with Crippen molar-refractivity contribution >= 4 is 41.4 Å². The molecule has 0 aromatic rings. The fourth-order valence-electron chi connectivity index (χ4n) is 2.85. The van der Waals surface area contributed by atoms with Crippen LogP contribution in [0.4, 0.5) is 0 Å². The minimum atomic E-state index is -1.46. The van der Waals surface area contributed by atoms with E-state index < -0.39 is 66.2 Å². The van der Waals surface area contributed by atoms with Gasteiger partial charge in [-0.25, -0.2) is 4.79 Å². The first-order valence-electron chi connectivity index (χ1n) is 10.7. The third-order valence-electron chi connectivity index (χ3n) is 4.79. The second-order valence-electron chi connectivity index (χ2n) is 7.96. The van der Waals surface area contributed by atoms with Gasteiger partial charge < -0.3 is 37.6 Å². The summed E-state index contributed by atoms with van der Waals surface area (Å²) in [5.41, 5.74) is 11.2. The number of hydrogen-bond donors (Lipinski definition) is 7. The van der Waals surface area contributed by atoms with Crippen molar-refractivity contribution in [1.82, 2.24) is 16.0 Å². The van der Waals surface area contributed by atoms with Gasteiger partial charge in [0.05, 0.1) is 12.5 Å². The van der Waals surface area contributed by atoms with Gasteiger partial charge in [-0.1, -0.05) is 20.3 Å². The van der Waals surface area contributed by atoms with Gasteiger partial charge in [-0.05, 0) is 43.7 Å². The van der Waals surface area contributed by atoms with Crippen molar-refractivity contribution in [3.8, 4) is 0 Å². The predicted octanol–water partition coefficient (Wildman–Crippen LogP) is -1.13. The Hall–Kier alpha value is -2.38. The molecule has 0 saturated carbocycles. The average molecular weight is 492 g/mol. The summed E-state index contributed by atoms with van der Waals surface area (Å²) in [5, 5.41) is 25.6. The van der Waals surface area contributed by atoms with E-state index in [1.165, 1.54) is 11.8 Å². The summed E-state index contributed by atoms with van der Waals surface area (Å²) < 4.78 is 0. The van der Waals surface area contributed by atoms with Gasteiger partial charge in [-0.3, -0.25) is 19.2 Å². The molecule has 4 unspecified atom stereocenters. The minimum absolute atomic E-state index is 0.195. The van der Waals surface area contributed by atoms with Crippen molar-refractivity contribution < 1.29 is 34.2 Å². The molecule has 0 bridgehead atoms. The lowest BCUT2D eigenvalue weighted by molar-refractivity contribution is -0.143. The van der Waals surface area contributed by atoms with Crippen LogP contribution in [0.3, 0.4) is 0 Å². The number of nitrogens with two attached hydrogens (primary N) is 2. The zero-order chi connectivity index (χ0) is 25.6. The number of rotatable bonds is 17. The van der Waals surface area contributed by atoms with Gasteiger partial charge in [0.1, 0.15) is 18.1 Å². The Kier molecular flexibility index (Phi) is 15.1. The Morgan fingerprint density at radius 3 is 1.97 bits per heavy atom. The number of carbonyl (C=O) groups excluding carboxylic acids is 3. The molecular formula is C20H37N5O7S. The fourth-order valence-corrected chi connectivity index (χ4v) is 3.32. The number of carboxylic acid groups (broad SMARTS) is 2. The van der Waals surface area contributed by atoms with Crippen molar-refractivity contribution in [3.05, 3.63) is 0 Å². The topological polar surface area (TPSA) is 214 Å². The fraction of sp³-hybridized carbons (Fsp3) is 0.750. The molecule has 33 heavy (non-hydrogen) atoms. The zero-order valence-corrected chi connectivity index (χ0v) is 20.2. The van der Waals surface area contributed by atoms with E-state index in [0.717, 1.165) is 0 Å². The number of unbranched alkanes of at least 4 members (excludes halogenated alkanes) is 1. The van der Waals surface area contributed by atoms with E-state index in [9.17, 15) is 29.1 Å². The molecule has 0 aliphatic rings. The van der Waals surface area contributed by atoms with Gasteiger partial charge in [-0.2, -0.15) is 11.8 Å². The molecular weight excluding hydrogens is 454 g/mol. The van der Waals surface area contributed by atoms with Crippen molar-refractivity contribution in [2.45, 2.75) is 70.1 Å². The van der Waals surface area contributed by atoms with Crippen molar-refractivity contribution in [3.63, 3.8) is 0 Å². The number of hydrogen-bond acceptors (Lipinski definition) is 8. The Labute approximate surface area is 198 Å². The van der Waals surface area contributed by atoms with Gasteiger partial charge in [0.15, 0.2) is 0 Å². The van der Waals surface area contributed by atoms with Crippen LogP contribution in [0, 0.1) is 5.92 Å². The summed E-state index contributed by atoms with van der Waals surface area (Å²) in [7, 11) is 0. The lowest BCUT2D eigenvalue weighted by Crippen LogP contribution is -2.58. The lowest BCUT2D eigenvalue weighted by atomic mass is 10.0. The summed E-state index contributed by atoms with van der Waals surface area (Å²) in [6, 6.07) is -4.68. The molecule has 0 aromatic carbocycles. The molecule has 0 aromatic heterocycles. The van der Waals surface area contributed by atoms with Gasteiger partial charge >= 0.3 is 11.9 Å². The number of amides is 3. The highest BCUT2D eigenvalue weighted by molar-refractivity contribution is 7.98. The minimum Gasteiger partial charge on any atom is -0.481 e. The first-order valence-corrected chi connectivity index (χ1v) is 12.1. The van der Waals surface area contributed by atoms with Crippen LogP contribution < -0.4 is 27.4 Å². The summed E-state index contributed by atoms with van der Waals surface area (Å²) >= 11 is 1.43. The van der Waals surface area contributed by atoms with Crippen LogP contribution in [0.5, 0.6) is 0 Å². The van der Waals surface area contributed by atoms with Crippen LogP contribution >= 0.6 is 11.8 Å². The summed E-state index contributed by atoms with van der Waals surface area (Å²) in [6.07, 6.45) is 2.86. The second kappa shape index (κ2) is 16.3. The summed E-state index contributed by atoms with van der Waals surface area (Å²) in [6.45, 7) is 3.72. The molecule has 190 valence electrons. The number of carbonyl (C=O) groups is 5. The number of nitrogens with one attached hydrogen (secondary N) is 3. The van der Waals surface area contributed by atoms with E-state index in [1.54, 1.807) is 20.1 Å². The maximum absolute atomic E-state index is 12.8. The van der Waals surface area contributed by atoms with Gasteiger partial charge in [0.2, 0.25) is 17.7 Å². The average Bonchev–Trinajstić information content (AvgIpc) is 2.73. The standard InChI is InChI=1S/C20H37N5O7S/c1-11(2)16(19(30)23-13(20(31)32)7-9-33-3)25-18(29)14(10-15(26)27)24-17(28)12(22)6-4-5-8-21/h11-14,16H,4-10,21-22H2,1-3H3,(H,23,30)(H,24,28)(H,25,29)(H,26,27)(H,31,32). The normalized spacial score (nSPS) is 14.6. The molecule has 3 amide bonds. The van der Waals surface area contributed by atoms with Gasteiger partial charge in [0.25, 0.3) is 0 Å².